The van der Waals surface area contributed by atoms with Gasteiger partial charge in [-0.3, -0.25) is 4.55 Å². The molecule has 0 atom stereocenters. The summed E-state index contributed by atoms with van der Waals surface area (Å²) in [6.45, 7) is 1.62. The topological polar surface area (TPSA) is 110 Å². The fourth-order valence-corrected chi connectivity index (χ4v) is 2.61. The van der Waals surface area contributed by atoms with Gasteiger partial charge in [0.15, 0.2) is 0 Å². The zero-order valence-electron chi connectivity index (χ0n) is 10.6. The second-order valence-corrected chi connectivity index (χ2v) is 4.99. The van der Waals surface area contributed by atoms with Gasteiger partial charge in [0.2, 0.25) is 0 Å². The van der Waals surface area contributed by atoms with E-state index >= 15 is 0 Å². The van der Waals surface area contributed by atoms with Crippen LogP contribution in [0.15, 0.2) is 11.0 Å². The van der Waals surface area contributed by atoms with E-state index in [0.29, 0.717) is 0 Å². The van der Waals surface area contributed by atoms with Gasteiger partial charge >= 0.3 is 5.97 Å². The summed E-state index contributed by atoms with van der Waals surface area (Å²) in [4.78, 5) is 10.8. The van der Waals surface area contributed by atoms with Gasteiger partial charge in [-0.25, -0.2) is 4.79 Å². The summed E-state index contributed by atoms with van der Waals surface area (Å²) in [5.41, 5.74) is -0.197. The van der Waals surface area contributed by atoms with Gasteiger partial charge in [0.05, 0.1) is 14.2 Å². The zero-order valence-corrected chi connectivity index (χ0v) is 11.4. The van der Waals surface area contributed by atoms with Crippen molar-refractivity contribution in [1.29, 1.82) is 0 Å². The van der Waals surface area contributed by atoms with E-state index in [4.69, 9.17) is 14.6 Å². The number of carbonyl (C=O) groups is 1. The molecule has 0 amide bonds. The Labute approximate surface area is 110 Å². The van der Waals surface area contributed by atoms with E-state index in [1.54, 1.807) is 6.92 Å². The maximum atomic E-state index is 11.3. The Morgan fingerprint density at radius 2 is 1.89 bits per heavy atom. The Morgan fingerprint density at radius 1 is 1.32 bits per heavy atom. The van der Waals surface area contributed by atoms with E-state index in [-0.39, 0.29) is 29.0 Å². The molecule has 0 bridgehead atoms. The number of methoxy groups -OCH3 is 2. The molecule has 0 saturated heterocycles. The van der Waals surface area contributed by atoms with Crippen molar-refractivity contribution in [3.8, 4) is 11.5 Å². The largest absolute Gasteiger partial charge is 0.496 e. The molecule has 0 unspecified atom stereocenters. The highest BCUT2D eigenvalue weighted by molar-refractivity contribution is 7.85. The summed E-state index contributed by atoms with van der Waals surface area (Å²) in [5, 5.41) is 9.15. The predicted octanol–water partition coefficient (Wildman–Crippen LogP) is 1.21. The molecule has 0 heterocycles. The van der Waals surface area contributed by atoms with Gasteiger partial charge in [-0.05, 0) is 6.42 Å². The third-order valence-corrected chi connectivity index (χ3v) is 3.50. The molecule has 1 rings (SSSR count). The maximum absolute atomic E-state index is 11.3. The number of hydrogen-bond donors (Lipinski definition) is 2. The third-order valence-electron chi connectivity index (χ3n) is 2.58. The highest BCUT2D eigenvalue weighted by atomic mass is 32.2. The molecular formula is C11H14O7S. The van der Waals surface area contributed by atoms with Gasteiger partial charge in [-0.1, -0.05) is 6.92 Å². The maximum Gasteiger partial charge on any atom is 0.343 e. The summed E-state index contributed by atoms with van der Waals surface area (Å²) in [6.07, 6.45) is 0.169. The average Bonchev–Trinajstić information content (AvgIpc) is 2.34. The van der Waals surface area contributed by atoms with Gasteiger partial charge in [0, 0.05) is 11.6 Å². The van der Waals surface area contributed by atoms with Crippen molar-refractivity contribution in [3.63, 3.8) is 0 Å². The van der Waals surface area contributed by atoms with E-state index in [0.717, 1.165) is 6.07 Å². The molecule has 0 spiro atoms. The van der Waals surface area contributed by atoms with Gasteiger partial charge in [0.25, 0.3) is 10.1 Å². The molecule has 7 nitrogen and oxygen atoms in total. The van der Waals surface area contributed by atoms with E-state index < -0.39 is 21.0 Å². The first-order valence-corrected chi connectivity index (χ1v) is 6.70. The lowest BCUT2D eigenvalue weighted by atomic mass is 10.1. The monoisotopic (exact) mass is 290 g/mol. The molecule has 0 aliphatic heterocycles. The Balaban J connectivity index is 3.87. The molecule has 19 heavy (non-hydrogen) atoms. The SMILES string of the molecule is CCc1c(S(=O)(=O)O)cc(OC)c(C(=O)O)c1OC. The first-order chi connectivity index (χ1) is 8.77. The fraction of sp³-hybridized carbons (Fsp3) is 0.364. The minimum atomic E-state index is -4.51. The number of benzene rings is 1. The standard InChI is InChI=1S/C11H14O7S/c1-4-6-8(19(14,15)16)5-7(17-2)9(11(12)13)10(6)18-3/h5H,4H2,1-3H3,(H,12,13)(H,14,15,16). The van der Waals surface area contributed by atoms with Crippen molar-refractivity contribution in [1.82, 2.24) is 0 Å². The zero-order chi connectivity index (χ0) is 14.8. The number of carboxylic acid groups (broad SMARTS) is 1. The highest BCUT2D eigenvalue weighted by Gasteiger charge is 2.28. The quantitative estimate of drug-likeness (QED) is 0.784. The van der Waals surface area contributed by atoms with Crippen LogP contribution >= 0.6 is 0 Å². The van der Waals surface area contributed by atoms with Crippen LogP contribution < -0.4 is 9.47 Å². The third kappa shape index (κ3) is 2.79. The second-order valence-electron chi connectivity index (χ2n) is 3.60. The predicted molar refractivity (Wildman–Crippen MR) is 65.7 cm³/mol. The molecule has 0 saturated carbocycles. The molecule has 8 heteroatoms. The summed E-state index contributed by atoms with van der Waals surface area (Å²) >= 11 is 0. The second kappa shape index (κ2) is 5.45. The van der Waals surface area contributed by atoms with E-state index in [1.165, 1.54) is 14.2 Å². The Bertz CT molecular complexity index is 604. The van der Waals surface area contributed by atoms with Gasteiger partial charge in [-0.15, -0.1) is 0 Å². The summed E-state index contributed by atoms with van der Waals surface area (Å²) in [6, 6.07) is 0.972. The van der Waals surface area contributed by atoms with Crippen LogP contribution in [0.4, 0.5) is 0 Å². The molecule has 0 aliphatic carbocycles. The van der Waals surface area contributed by atoms with Crippen LogP contribution in [0.1, 0.15) is 22.8 Å². The van der Waals surface area contributed by atoms with Crippen molar-refractivity contribution in [3.05, 3.63) is 17.2 Å². The molecule has 0 aromatic heterocycles. The number of aromatic carboxylic acids is 1. The molecule has 1 aromatic rings. The van der Waals surface area contributed by atoms with Crippen LogP contribution in [0, 0.1) is 0 Å². The average molecular weight is 290 g/mol. The Morgan fingerprint density at radius 3 is 2.21 bits per heavy atom. The van der Waals surface area contributed by atoms with Crippen LogP contribution in [-0.2, 0) is 16.5 Å². The minimum Gasteiger partial charge on any atom is -0.496 e. The molecule has 106 valence electrons. The molecule has 0 radical (unpaired) electrons. The van der Waals surface area contributed by atoms with E-state index in [9.17, 15) is 17.8 Å². The molecule has 0 aliphatic rings. The lowest BCUT2D eigenvalue weighted by Gasteiger charge is -2.16. The molecule has 1 aromatic carbocycles. The number of hydrogen-bond acceptors (Lipinski definition) is 5. The van der Waals surface area contributed by atoms with Crippen LogP contribution in [0.2, 0.25) is 0 Å². The van der Waals surface area contributed by atoms with Crippen LogP contribution in [0.3, 0.4) is 0 Å². The smallest absolute Gasteiger partial charge is 0.343 e. The van der Waals surface area contributed by atoms with Crippen molar-refractivity contribution in [2.45, 2.75) is 18.2 Å². The lowest BCUT2D eigenvalue weighted by Crippen LogP contribution is -2.11. The number of carboxylic acids is 1. The van der Waals surface area contributed by atoms with Gasteiger partial charge < -0.3 is 14.6 Å². The van der Waals surface area contributed by atoms with Crippen LogP contribution in [0.25, 0.3) is 0 Å². The first-order valence-electron chi connectivity index (χ1n) is 5.26. The lowest BCUT2D eigenvalue weighted by molar-refractivity contribution is 0.0689. The van der Waals surface area contributed by atoms with Gasteiger partial charge in [-0.2, -0.15) is 8.42 Å². The van der Waals surface area contributed by atoms with Crippen LogP contribution in [-0.4, -0.2) is 38.3 Å². The van der Waals surface area contributed by atoms with Crippen LogP contribution in [0.5, 0.6) is 11.5 Å². The number of ether oxygens (including phenoxy) is 2. The molecular weight excluding hydrogens is 276 g/mol. The van der Waals surface area contributed by atoms with E-state index in [1.807, 2.05) is 0 Å². The van der Waals surface area contributed by atoms with E-state index in [2.05, 4.69) is 0 Å². The van der Waals surface area contributed by atoms with Gasteiger partial charge in [0.1, 0.15) is 22.0 Å². The summed E-state index contributed by atoms with van der Waals surface area (Å²) < 4.78 is 41.7. The summed E-state index contributed by atoms with van der Waals surface area (Å²) in [5.74, 6) is -1.65. The van der Waals surface area contributed by atoms with Crippen molar-refractivity contribution < 1.29 is 32.3 Å². The minimum absolute atomic E-state index is 0.0863. The highest BCUT2D eigenvalue weighted by Crippen LogP contribution is 2.37. The number of rotatable bonds is 5. The first kappa shape index (κ1) is 15.3. The van der Waals surface area contributed by atoms with Crippen molar-refractivity contribution >= 4 is 16.1 Å². The Hall–Kier alpha value is -1.80. The fourth-order valence-electron chi connectivity index (χ4n) is 1.81. The van der Waals surface area contributed by atoms with Crippen molar-refractivity contribution in [2.24, 2.45) is 0 Å². The summed E-state index contributed by atoms with van der Waals surface area (Å²) in [7, 11) is -2.09. The molecule has 0 fully saturated rings. The Kier molecular flexibility index (Phi) is 4.38. The van der Waals surface area contributed by atoms with Crippen molar-refractivity contribution in [2.75, 3.05) is 14.2 Å². The molecule has 2 N–H and O–H groups in total. The normalized spacial score (nSPS) is 11.2.